The predicted molar refractivity (Wildman–Crippen MR) is 94.8 cm³/mol. The molecule has 1 aromatic rings. The van der Waals surface area contributed by atoms with E-state index >= 15 is 0 Å². The van der Waals surface area contributed by atoms with Crippen molar-refractivity contribution in [3.63, 3.8) is 0 Å². The van der Waals surface area contributed by atoms with Crippen LogP contribution >= 0.6 is 0 Å². The molecule has 1 aromatic carbocycles. The number of carbonyl (C=O) groups is 1. The molecule has 2 aliphatic heterocycles. The Morgan fingerprint density at radius 1 is 1.26 bits per heavy atom. The Kier molecular flexibility index (Phi) is 4.14. The molecule has 2 atom stereocenters. The Hall–Kier alpha value is -1.89. The number of nitrogens with zero attached hydrogens (tertiary/aromatic N) is 1. The minimum Gasteiger partial charge on any atom is -0.478 e. The van der Waals surface area contributed by atoms with E-state index in [4.69, 9.17) is 9.47 Å². The number of hydrogen-bond acceptors (Lipinski definition) is 4. The van der Waals surface area contributed by atoms with Crippen LogP contribution in [0.2, 0.25) is 0 Å². The highest BCUT2D eigenvalue weighted by molar-refractivity contribution is 5.91. The zero-order valence-corrected chi connectivity index (χ0v) is 15.8. The molecule has 3 aliphatic rings. The van der Waals surface area contributed by atoms with Gasteiger partial charge in [-0.3, -0.25) is 0 Å². The molecule has 148 valence electrons. The zero-order chi connectivity index (χ0) is 19.6. The molecule has 1 saturated heterocycles. The summed E-state index contributed by atoms with van der Waals surface area (Å²) in [6.07, 6.45) is 1.61. The van der Waals surface area contributed by atoms with Crippen LogP contribution in [0.5, 0.6) is 11.5 Å². The van der Waals surface area contributed by atoms with Crippen LogP contribution in [0.15, 0.2) is 6.07 Å². The summed E-state index contributed by atoms with van der Waals surface area (Å²) in [5, 5.41) is 9.39. The van der Waals surface area contributed by atoms with E-state index in [1.807, 2.05) is 13.8 Å². The molecule has 0 radical (unpaired) electrons. The van der Waals surface area contributed by atoms with Crippen molar-refractivity contribution in [3.8, 4) is 11.5 Å². The van der Waals surface area contributed by atoms with Crippen molar-refractivity contribution in [2.75, 3.05) is 19.6 Å². The van der Waals surface area contributed by atoms with E-state index in [9.17, 15) is 18.7 Å². The molecule has 0 spiro atoms. The fourth-order valence-corrected chi connectivity index (χ4v) is 4.35. The number of alkyl halides is 2. The Morgan fingerprint density at radius 3 is 2.41 bits per heavy atom. The number of piperidine rings is 1. The van der Waals surface area contributed by atoms with Crippen molar-refractivity contribution in [1.82, 2.24) is 4.90 Å². The second-order valence-electron chi connectivity index (χ2n) is 8.29. The topological polar surface area (TPSA) is 59.0 Å². The monoisotopic (exact) mass is 381 g/mol. The van der Waals surface area contributed by atoms with Crippen LogP contribution < -0.4 is 9.47 Å². The lowest BCUT2D eigenvalue weighted by Gasteiger charge is -2.38. The molecule has 1 saturated carbocycles. The molecule has 2 heterocycles. The molecular formula is C20H25F2NO4. The first-order chi connectivity index (χ1) is 12.6. The van der Waals surface area contributed by atoms with Crippen LogP contribution in [0.25, 0.3) is 0 Å². The first-order valence-corrected chi connectivity index (χ1v) is 9.46. The van der Waals surface area contributed by atoms with Gasteiger partial charge >= 0.3 is 5.97 Å². The van der Waals surface area contributed by atoms with Gasteiger partial charge in [0.05, 0.1) is 5.56 Å². The second-order valence-corrected chi connectivity index (χ2v) is 8.29. The van der Waals surface area contributed by atoms with Gasteiger partial charge < -0.3 is 19.5 Å². The average Bonchev–Trinajstić information content (AvgIpc) is 3.02. The van der Waals surface area contributed by atoms with E-state index in [1.54, 1.807) is 13.0 Å². The normalized spacial score (nSPS) is 29.7. The maximum absolute atomic E-state index is 13.1. The number of aryl methyl sites for hydroxylation is 1. The third-order valence-corrected chi connectivity index (χ3v) is 6.27. The van der Waals surface area contributed by atoms with Crippen molar-refractivity contribution < 1.29 is 28.2 Å². The number of halogens is 2. The summed E-state index contributed by atoms with van der Waals surface area (Å²) >= 11 is 0. The lowest BCUT2D eigenvalue weighted by atomic mass is 9.89. The van der Waals surface area contributed by atoms with E-state index in [1.165, 1.54) is 0 Å². The van der Waals surface area contributed by atoms with Gasteiger partial charge in [-0.25, -0.2) is 13.6 Å². The summed E-state index contributed by atoms with van der Waals surface area (Å²) in [5.74, 6) is -3.57. The molecule has 1 aliphatic carbocycles. The maximum Gasteiger partial charge on any atom is 0.336 e. The van der Waals surface area contributed by atoms with Crippen LogP contribution in [-0.2, 0) is 0 Å². The van der Waals surface area contributed by atoms with Gasteiger partial charge in [0.15, 0.2) is 11.5 Å². The molecule has 0 aromatic heterocycles. The van der Waals surface area contributed by atoms with Gasteiger partial charge in [-0.2, -0.15) is 0 Å². The minimum absolute atomic E-state index is 0.0106. The van der Waals surface area contributed by atoms with E-state index in [0.717, 1.165) is 31.5 Å². The number of ether oxygens (including phenoxy) is 2. The van der Waals surface area contributed by atoms with Crippen LogP contribution in [0, 0.1) is 25.7 Å². The molecule has 1 N–H and O–H groups in total. The van der Waals surface area contributed by atoms with Crippen molar-refractivity contribution in [1.29, 1.82) is 0 Å². The van der Waals surface area contributed by atoms with Crippen LogP contribution in [0.4, 0.5) is 8.78 Å². The number of benzene rings is 1. The summed E-state index contributed by atoms with van der Waals surface area (Å²) in [7, 11) is 0. The molecule has 7 heteroatoms. The molecular weight excluding hydrogens is 356 g/mol. The van der Waals surface area contributed by atoms with Crippen molar-refractivity contribution in [2.45, 2.75) is 51.7 Å². The van der Waals surface area contributed by atoms with E-state index < -0.39 is 23.6 Å². The third-order valence-electron chi connectivity index (χ3n) is 6.27. The molecule has 0 amide bonds. The largest absolute Gasteiger partial charge is 0.478 e. The van der Waals surface area contributed by atoms with Crippen molar-refractivity contribution in [2.24, 2.45) is 11.8 Å². The van der Waals surface area contributed by atoms with Gasteiger partial charge in [0.1, 0.15) is 0 Å². The predicted octanol–water partition coefficient (Wildman–Crippen LogP) is 3.86. The number of rotatable bonds is 4. The van der Waals surface area contributed by atoms with E-state index in [2.05, 4.69) is 4.90 Å². The summed E-state index contributed by atoms with van der Waals surface area (Å²) in [4.78, 5) is 13.6. The molecule has 5 nitrogen and oxygen atoms in total. The number of carboxylic acids is 1. The van der Waals surface area contributed by atoms with E-state index in [0.29, 0.717) is 23.6 Å². The van der Waals surface area contributed by atoms with Crippen molar-refractivity contribution >= 4 is 5.97 Å². The highest BCUT2D eigenvalue weighted by Crippen LogP contribution is 2.51. The number of aromatic carboxylic acids is 1. The van der Waals surface area contributed by atoms with Gasteiger partial charge in [-0.15, -0.1) is 0 Å². The van der Waals surface area contributed by atoms with Crippen LogP contribution in [0.1, 0.15) is 47.7 Å². The van der Waals surface area contributed by atoms with Gasteiger partial charge in [-0.05, 0) is 51.4 Å². The highest BCUT2D eigenvalue weighted by atomic mass is 19.3. The zero-order valence-electron chi connectivity index (χ0n) is 15.8. The molecule has 27 heavy (non-hydrogen) atoms. The quantitative estimate of drug-likeness (QED) is 0.858. The number of likely N-dealkylation sites (tertiary alicyclic amines) is 1. The summed E-state index contributed by atoms with van der Waals surface area (Å²) in [5.41, 5.74) is 1.53. The third kappa shape index (κ3) is 3.16. The molecule has 0 bridgehead atoms. The fourth-order valence-electron chi connectivity index (χ4n) is 4.35. The maximum atomic E-state index is 13.1. The Morgan fingerprint density at radius 2 is 1.85 bits per heavy atom. The molecule has 2 fully saturated rings. The Labute approximate surface area is 157 Å². The fraction of sp³-hybridized carbons (Fsp3) is 0.650. The van der Waals surface area contributed by atoms with Gasteiger partial charge in [-0.1, -0.05) is 0 Å². The smallest absolute Gasteiger partial charge is 0.336 e. The van der Waals surface area contributed by atoms with Crippen LogP contribution in [-0.4, -0.2) is 47.3 Å². The van der Waals surface area contributed by atoms with Gasteiger partial charge in [0, 0.05) is 37.3 Å². The average molecular weight is 381 g/mol. The van der Waals surface area contributed by atoms with Gasteiger partial charge in [0.25, 0.3) is 11.7 Å². The number of hydrogen-bond donors (Lipinski definition) is 1. The number of fused-ring (bicyclic) bond motifs is 1. The summed E-state index contributed by atoms with van der Waals surface area (Å²) in [6.45, 7) is 7.39. The number of carboxylic acid groups (broad SMARTS) is 1. The SMILES string of the molecule is Cc1cc(C(=O)O)c(C)c2c1OC(C)(C1CCN(CC3CC3(F)F)CC1)O2. The lowest BCUT2D eigenvalue weighted by Crippen LogP contribution is -2.49. The highest BCUT2D eigenvalue weighted by Gasteiger charge is 2.57. The molecule has 2 unspecified atom stereocenters. The van der Waals surface area contributed by atoms with Crippen LogP contribution in [0.3, 0.4) is 0 Å². The molecule has 4 rings (SSSR count). The van der Waals surface area contributed by atoms with Crippen molar-refractivity contribution in [3.05, 3.63) is 22.8 Å². The van der Waals surface area contributed by atoms with Gasteiger partial charge in [0.2, 0.25) is 0 Å². The Balaban J connectivity index is 1.45. The summed E-state index contributed by atoms with van der Waals surface area (Å²) in [6, 6.07) is 1.62. The summed E-state index contributed by atoms with van der Waals surface area (Å²) < 4.78 is 38.6. The first kappa shape index (κ1) is 18.5. The lowest BCUT2D eigenvalue weighted by molar-refractivity contribution is -0.125. The van der Waals surface area contributed by atoms with E-state index in [-0.39, 0.29) is 17.9 Å². The Bertz CT molecular complexity index is 789. The minimum atomic E-state index is -2.47. The standard InChI is InChI=1S/C20H25F2NO4/c1-11-8-15(18(24)25)12(2)17-16(11)26-19(3,27-17)13-4-6-23(7-5-13)10-14-9-20(14,21)22/h8,13-14H,4-7,9-10H2,1-3H3,(H,24,25). The second kappa shape index (κ2) is 6.06. The first-order valence-electron chi connectivity index (χ1n) is 9.46.